The molecule has 9 heteroatoms. The molecule has 4 aromatic heterocycles. The fraction of sp³-hybridized carbons (Fsp3) is 0.222. The predicted molar refractivity (Wildman–Crippen MR) is 110 cm³/mol. The minimum atomic E-state index is 0. The van der Waals surface area contributed by atoms with Crippen LogP contribution in [-0.4, -0.2) is 49.6 Å². The van der Waals surface area contributed by atoms with Crippen LogP contribution in [-0.2, 0) is 0 Å². The molecule has 0 saturated heterocycles. The van der Waals surface area contributed by atoms with Crippen LogP contribution in [0.25, 0.3) is 39.8 Å². The molecule has 0 aliphatic rings. The van der Waals surface area contributed by atoms with Crippen molar-refractivity contribution in [1.29, 1.82) is 0 Å². The Morgan fingerprint density at radius 2 is 2.00 bits per heavy atom. The second-order valence-corrected chi connectivity index (χ2v) is 5.22. The Labute approximate surface area is 160 Å². The van der Waals surface area contributed by atoms with Crippen molar-refractivity contribution in [3.8, 4) is 34.5 Å². The maximum absolute atomic E-state index is 5.38. The number of ether oxygens (including phenoxy) is 2. The van der Waals surface area contributed by atoms with E-state index < -0.39 is 0 Å². The Morgan fingerprint density at radius 3 is 2.59 bits per heavy atom. The van der Waals surface area contributed by atoms with E-state index in [4.69, 9.17) is 9.47 Å². The van der Waals surface area contributed by atoms with Gasteiger partial charge in [-0.2, -0.15) is 10.1 Å². The molecule has 0 aliphatic heterocycles. The number of hydrogen-bond acceptors (Lipinski definition) is 6. The lowest BCUT2D eigenvalue weighted by molar-refractivity contribution is 0.382. The van der Waals surface area contributed by atoms with Crippen LogP contribution >= 0.6 is 0 Å². The van der Waals surface area contributed by atoms with Crippen LogP contribution < -0.4 is 9.47 Å². The lowest BCUT2D eigenvalue weighted by Gasteiger charge is -2.04. The smallest absolute Gasteiger partial charge is 0.335 e. The summed E-state index contributed by atoms with van der Waals surface area (Å²) in [6.07, 6.45) is 5.20. The molecule has 0 amide bonds. The van der Waals surface area contributed by atoms with E-state index >= 15 is 0 Å². The van der Waals surface area contributed by atoms with E-state index in [-0.39, 0.29) is 10.3 Å². The van der Waals surface area contributed by atoms with Crippen LogP contribution in [0.2, 0.25) is 0 Å². The third-order valence-electron chi connectivity index (χ3n) is 3.85. The van der Waals surface area contributed by atoms with Crippen molar-refractivity contribution in [3.05, 3.63) is 30.6 Å². The number of H-pyrrole nitrogens is 3. The van der Waals surface area contributed by atoms with Crippen molar-refractivity contribution >= 4 is 17.1 Å². The van der Waals surface area contributed by atoms with Gasteiger partial charge in [0.05, 0.1) is 31.6 Å². The zero-order valence-corrected chi connectivity index (χ0v) is 15.6. The van der Waals surface area contributed by atoms with Crippen LogP contribution in [0.15, 0.2) is 25.0 Å². The average molecular weight is 373 g/mol. The third kappa shape index (κ3) is 3.14. The second-order valence-electron chi connectivity index (χ2n) is 5.22. The van der Waals surface area contributed by atoms with Gasteiger partial charge in [0.2, 0.25) is 5.88 Å². The molecular formula is C18H27N7O2. The summed E-state index contributed by atoms with van der Waals surface area (Å²) in [5, 5.41) is 13.7. The Kier molecular flexibility index (Phi) is 5.20. The van der Waals surface area contributed by atoms with Crippen molar-refractivity contribution in [2.45, 2.75) is 13.8 Å². The number of aromatic amines is 3. The molecule has 0 radical (unpaired) electrons. The van der Waals surface area contributed by atoms with Crippen LogP contribution in [0.5, 0.6) is 11.9 Å². The van der Waals surface area contributed by atoms with E-state index in [9.17, 15) is 0 Å². The molecule has 0 spiro atoms. The first kappa shape index (κ1) is 18.2. The quantitative estimate of drug-likeness (QED) is 0.483. The highest BCUT2D eigenvalue weighted by Gasteiger charge is 2.21. The molecule has 0 atom stereocenters. The topological polar surface area (TPSA) is 117 Å². The fourth-order valence-corrected chi connectivity index (χ4v) is 2.72. The highest BCUT2D eigenvalue weighted by Crippen LogP contribution is 2.37. The predicted octanol–water partition coefficient (Wildman–Crippen LogP) is 4.16. The van der Waals surface area contributed by atoms with E-state index in [1.54, 1.807) is 25.6 Å². The number of rotatable bonds is 5. The van der Waals surface area contributed by atoms with Gasteiger partial charge in [0.25, 0.3) is 0 Å². The zero-order chi connectivity index (χ0) is 19.4. The van der Waals surface area contributed by atoms with E-state index in [0.717, 1.165) is 33.4 Å². The van der Waals surface area contributed by atoms with E-state index in [1.807, 2.05) is 19.9 Å². The Morgan fingerprint density at radius 1 is 1.19 bits per heavy atom. The normalized spacial score (nSPS) is 10.4. The van der Waals surface area contributed by atoms with Gasteiger partial charge < -0.3 is 14.5 Å². The minimum Gasteiger partial charge on any atom is -0.481 e. The maximum atomic E-state index is 5.38. The molecule has 9 nitrogen and oxygen atoms in total. The number of hydrogen-bond donors (Lipinski definition) is 3. The summed E-state index contributed by atoms with van der Waals surface area (Å²) in [6, 6.07) is 2.18. The van der Waals surface area contributed by atoms with Crippen molar-refractivity contribution in [1.82, 2.24) is 35.3 Å². The summed E-state index contributed by atoms with van der Waals surface area (Å²) in [6.45, 7) is 7.80. The first-order valence-corrected chi connectivity index (χ1v) is 8.44. The molecule has 0 saturated carbocycles. The van der Waals surface area contributed by atoms with Gasteiger partial charge in [-0.25, -0.2) is 4.98 Å². The lowest BCUT2D eigenvalue weighted by Crippen LogP contribution is -1.91. The SMILES string of the molecule is C=Cc1cc2[nH]c(-c3nc(OC)n[nH]3)c(-c3cn[nH]c3)c2nc1OC.CC.[HH].[HH].[HH]. The first-order valence-electron chi connectivity index (χ1n) is 8.44. The number of pyridine rings is 1. The van der Waals surface area contributed by atoms with Crippen LogP contribution in [0.1, 0.15) is 23.7 Å². The van der Waals surface area contributed by atoms with Gasteiger partial charge in [0.15, 0.2) is 5.82 Å². The molecule has 0 aliphatic carbocycles. The fourth-order valence-electron chi connectivity index (χ4n) is 2.72. The van der Waals surface area contributed by atoms with Crippen LogP contribution in [0.3, 0.4) is 0 Å². The summed E-state index contributed by atoms with van der Waals surface area (Å²) in [5.41, 5.74) is 4.75. The van der Waals surface area contributed by atoms with E-state index in [2.05, 4.69) is 41.9 Å². The number of methoxy groups -OCH3 is 2. The van der Waals surface area contributed by atoms with Gasteiger partial charge in [0.1, 0.15) is 5.52 Å². The van der Waals surface area contributed by atoms with E-state index in [0.29, 0.717) is 11.7 Å². The number of fused-ring (bicyclic) bond motifs is 1. The van der Waals surface area contributed by atoms with Crippen LogP contribution in [0.4, 0.5) is 0 Å². The monoisotopic (exact) mass is 373 g/mol. The van der Waals surface area contributed by atoms with Gasteiger partial charge in [-0.15, -0.1) is 5.10 Å². The van der Waals surface area contributed by atoms with Crippen LogP contribution in [0, 0.1) is 0 Å². The largest absolute Gasteiger partial charge is 0.481 e. The van der Waals surface area contributed by atoms with Gasteiger partial charge >= 0.3 is 6.01 Å². The van der Waals surface area contributed by atoms with Gasteiger partial charge in [-0.1, -0.05) is 26.5 Å². The molecule has 0 aromatic carbocycles. The highest BCUT2D eigenvalue weighted by atomic mass is 16.5. The summed E-state index contributed by atoms with van der Waals surface area (Å²) in [5.74, 6) is 1.03. The average Bonchev–Trinajstić information content (AvgIpc) is 3.46. The molecule has 27 heavy (non-hydrogen) atoms. The molecule has 4 rings (SSSR count). The van der Waals surface area contributed by atoms with Crippen molar-refractivity contribution < 1.29 is 13.8 Å². The molecule has 0 fully saturated rings. The molecular weight excluding hydrogens is 346 g/mol. The number of aromatic nitrogens is 7. The summed E-state index contributed by atoms with van der Waals surface area (Å²) in [4.78, 5) is 12.3. The summed E-state index contributed by atoms with van der Waals surface area (Å²) >= 11 is 0. The van der Waals surface area contributed by atoms with Gasteiger partial charge in [0, 0.05) is 27.2 Å². The Balaban J connectivity index is 0.00000163. The molecule has 4 heterocycles. The Hall–Kier alpha value is -3.62. The van der Waals surface area contributed by atoms with Gasteiger partial charge in [-0.3, -0.25) is 10.2 Å². The molecule has 0 unspecified atom stereocenters. The van der Waals surface area contributed by atoms with E-state index in [1.165, 1.54) is 7.11 Å². The summed E-state index contributed by atoms with van der Waals surface area (Å²) < 4.78 is 10.4. The lowest BCUT2D eigenvalue weighted by atomic mass is 10.1. The summed E-state index contributed by atoms with van der Waals surface area (Å²) in [7, 11) is 3.09. The zero-order valence-electron chi connectivity index (χ0n) is 15.6. The molecule has 146 valence electrons. The minimum absolute atomic E-state index is 0. The van der Waals surface area contributed by atoms with Gasteiger partial charge in [-0.05, 0) is 6.07 Å². The third-order valence-corrected chi connectivity index (χ3v) is 3.85. The highest BCUT2D eigenvalue weighted by molar-refractivity contribution is 6.01. The maximum Gasteiger partial charge on any atom is 0.335 e. The standard InChI is InChI=1S/C16H15N7O2.C2H6.3H2/c1-4-8-5-10-12(20-15(8)24-2)11(9-6-17-18-7-9)13(19-10)14-21-16(25-3)23-22-14;1-2;;;/h4-7,19H,1H2,2-3H3,(H,17,18)(H,21,22,23);1-2H3;3*1H. The molecule has 4 aromatic rings. The van der Waals surface area contributed by atoms with Crippen molar-refractivity contribution in [2.24, 2.45) is 0 Å². The van der Waals surface area contributed by atoms with Crippen molar-refractivity contribution in [3.63, 3.8) is 0 Å². The second kappa shape index (κ2) is 7.73. The molecule has 3 N–H and O–H groups in total. The molecule has 0 bridgehead atoms. The Bertz CT molecular complexity index is 1060. The van der Waals surface area contributed by atoms with Crippen molar-refractivity contribution in [2.75, 3.05) is 14.2 Å². The number of nitrogens with one attached hydrogen (secondary N) is 3. The number of nitrogens with zero attached hydrogens (tertiary/aromatic N) is 4. The first-order chi connectivity index (χ1) is 13.2.